The second kappa shape index (κ2) is 10.2. The van der Waals surface area contributed by atoms with Gasteiger partial charge in [-0.1, -0.05) is 44.9 Å². The summed E-state index contributed by atoms with van der Waals surface area (Å²) in [5.41, 5.74) is 0.682. The van der Waals surface area contributed by atoms with E-state index in [0.717, 1.165) is 50.5 Å². The van der Waals surface area contributed by atoms with Gasteiger partial charge in [0.2, 0.25) is 5.82 Å². The molecule has 0 amide bonds. The van der Waals surface area contributed by atoms with Gasteiger partial charge in [0.15, 0.2) is 23.3 Å². The highest BCUT2D eigenvalue weighted by atomic mass is 19.2. The molecule has 2 aromatic rings. The minimum absolute atomic E-state index is 0.596. The number of unbranched alkanes of at least 4 members (excludes halogenated alkanes) is 2. The zero-order chi connectivity index (χ0) is 20.7. The molecule has 0 unspecified atom stereocenters. The summed E-state index contributed by atoms with van der Waals surface area (Å²) in [6, 6.07) is 7.29. The van der Waals surface area contributed by atoms with E-state index in [9.17, 15) is 22.0 Å². The van der Waals surface area contributed by atoms with Gasteiger partial charge in [-0.3, -0.25) is 0 Å². The Morgan fingerprint density at radius 1 is 0.679 bits per heavy atom. The van der Waals surface area contributed by atoms with Gasteiger partial charge in [0, 0.05) is 18.8 Å². The van der Waals surface area contributed by atoms with Crippen LogP contribution >= 0.6 is 0 Å². The first-order chi connectivity index (χ1) is 13.4. The lowest BCUT2D eigenvalue weighted by Gasteiger charge is -2.24. The first kappa shape index (κ1) is 21.9. The molecule has 0 aliphatic carbocycles. The molecule has 0 radical (unpaired) electrons. The second-order valence-electron chi connectivity index (χ2n) is 6.60. The Morgan fingerprint density at radius 3 is 1.61 bits per heavy atom. The van der Waals surface area contributed by atoms with Crippen LogP contribution in [0.25, 0.3) is 12.2 Å². The van der Waals surface area contributed by atoms with Gasteiger partial charge < -0.3 is 4.90 Å². The van der Waals surface area contributed by atoms with E-state index in [1.165, 1.54) is 6.08 Å². The van der Waals surface area contributed by atoms with Gasteiger partial charge in [-0.15, -0.1) is 0 Å². The highest BCUT2D eigenvalue weighted by Crippen LogP contribution is 2.25. The van der Waals surface area contributed by atoms with Crippen LogP contribution in [0, 0.1) is 29.1 Å². The summed E-state index contributed by atoms with van der Waals surface area (Å²) < 4.78 is 67.1. The predicted molar refractivity (Wildman–Crippen MR) is 104 cm³/mol. The molecule has 0 fully saturated rings. The Bertz CT molecular complexity index is 778. The van der Waals surface area contributed by atoms with Crippen LogP contribution in [-0.4, -0.2) is 13.1 Å². The smallest absolute Gasteiger partial charge is 0.200 e. The number of hydrogen-bond acceptors (Lipinski definition) is 1. The van der Waals surface area contributed by atoms with Crippen LogP contribution in [-0.2, 0) is 0 Å². The summed E-state index contributed by atoms with van der Waals surface area (Å²) in [5, 5.41) is 0. The zero-order valence-corrected chi connectivity index (χ0v) is 16.0. The zero-order valence-electron chi connectivity index (χ0n) is 16.0. The molecule has 6 heteroatoms. The fourth-order valence-electron chi connectivity index (χ4n) is 2.81. The summed E-state index contributed by atoms with van der Waals surface area (Å²) in [4.78, 5) is 2.28. The minimum atomic E-state index is -2.16. The first-order valence-corrected chi connectivity index (χ1v) is 9.45. The number of anilines is 1. The second-order valence-corrected chi connectivity index (χ2v) is 6.60. The highest BCUT2D eigenvalue weighted by molar-refractivity contribution is 5.71. The monoisotopic (exact) mass is 397 g/mol. The van der Waals surface area contributed by atoms with Gasteiger partial charge in [0.05, 0.1) is 5.56 Å². The Morgan fingerprint density at radius 2 is 1.14 bits per heavy atom. The fourth-order valence-corrected chi connectivity index (χ4v) is 2.81. The van der Waals surface area contributed by atoms with E-state index in [0.29, 0.717) is 5.56 Å². The molecule has 0 N–H and O–H groups in total. The van der Waals surface area contributed by atoms with Crippen molar-refractivity contribution in [2.45, 2.75) is 39.5 Å². The number of hydrogen-bond donors (Lipinski definition) is 0. The third-order valence-electron chi connectivity index (χ3n) is 4.51. The Kier molecular flexibility index (Phi) is 8.03. The van der Waals surface area contributed by atoms with Gasteiger partial charge >= 0.3 is 0 Å². The average molecular weight is 397 g/mol. The number of nitrogens with zero attached hydrogens (tertiary/aromatic N) is 1. The van der Waals surface area contributed by atoms with Crippen molar-refractivity contribution in [1.82, 2.24) is 0 Å². The average Bonchev–Trinajstić information content (AvgIpc) is 2.71. The maximum atomic E-state index is 13.7. The molecule has 2 aromatic carbocycles. The largest absolute Gasteiger partial charge is 0.372 e. The standard InChI is InChI=1S/C22H24F5N/c1-3-5-13-28(14-6-4-2)16-10-7-15(8-11-16)9-12-17-18(23)20(25)22(27)21(26)19(17)24/h7-12H,3-6,13-14H2,1-2H3/b12-9+. The molecule has 0 aliphatic heterocycles. The van der Waals surface area contributed by atoms with Gasteiger partial charge in [0.1, 0.15) is 0 Å². The van der Waals surface area contributed by atoms with Crippen molar-refractivity contribution in [3.63, 3.8) is 0 Å². The maximum absolute atomic E-state index is 13.7. The molecule has 0 spiro atoms. The third-order valence-corrected chi connectivity index (χ3v) is 4.51. The van der Waals surface area contributed by atoms with Crippen LogP contribution in [0.15, 0.2) is 24.3 Å². The summed E-state index contributed by atoms with van der Waals surface area (Å²) >= 11 is 0. The predicted octanol–water partition coefficient (Wildman–Crippen LogP) is 6.96. The van der Waals surface area contributed by atoms with Crippen molar-refractivity contribution in [3.8, 4) is 0 Å². The third kappa shape index (κ3) is 5.12. The van der Waals surface area contributed by atoms with Crippen molar-refractivity contribution < 1.29 is 22.0 Å². The normalized spacial score (nSPS) is 11.4. The SMILES string of the molecule is CCCCN(CCCC)c1ccc(/C=C/c2c(F)c(F)c(F)c(F)c2F)cc1. The summed E-state index contributed by atoms with van der Waals surface area (Å²) in [7, 11) is 0. The van der Waals surface area contributed by atoms with E-state index in [1.54, 1.807) is 12.1 Å². The van der Waals surface area contributed by atoms with Crippen LogP contribution in [0.4, 0.5) is 27.6 Å². The Balaban J connectivity index is 2.22. The lowest BCUT2D eigenvalue weighted by atomic mass is 10.1. The van der Waals surface area contributed by atoms with Crippen LogP contribution in [0.5, 0.6) is 0 Å². The lowest BCUT2D eigenvalue weighted by Crippen LogP contribution is -2.25. The Hall–Kier alpha value is -2.37. The number of benzene rings is 2. The van der Waals surface area contributed by atoms with E-state index in [-0.39, 0.29) is 0 Å². The van der Waals surface area contributed by atoms with Gasteiger partial charge in [0.25, 0.3) is 0 Å². The van der Waals surface area contributed by atoms with Crippen LogP contribution in [0.2, 0.25) is 0 Å². The molecule has 0 aliphatic rings. The van der Waals surface area contributed by atoms with Gasteiger partial charge in [-0.2, -0.15) is 0 Å². The van der Waals surface area contributed by atoms with Crippen molar-refractivity contribution in [2.75, 3.05) is 18.0 Å². The molecule has 0 bridgehead atoms. The van der Waals surface area contributed by atoms with Crippen molar-refractivity contribution in [1.29, 1.82) is 0 Å². The molecule has 1 nitrogen and oxygen atoms in total. The molecular formula is C22H24F5N. The highest BCUT2D eigenvalue weighted by Gasteiger charge is 2.24. The van der Waals surface area contributed by atoms with Gasteiger partial charge in [-0.25, -0.2) is 22.0 Å². The summed E-state index contributed by atoms with van der Waals surface area (Å²) in [5.74, 6) is -9.73. The number of halogens is 5. The first-order valence-electron chi connectivity index (χ1n) is 9.45. The van der Waals surface area contributed by atoms with Crippen LogP contribution < -0.4 is 4.90 Å². The summed E-state index contributed by atoms with van der Waals surface area (Å²) in [6.07, 6.45) is 6.55. The quantitative estimate of drug-likeness (QED) is 0.191. The lowest BCUT2D eigenvalue weighted by molar-refractivity contribution is 0.377. The van der Waals surface area contributed by atoms with E-state index < -0.39 is 34.6 Å². The van der Waals surface area contributed by atoms with E-state index in [4.69, 9.17) is 0 Å². The maximum Gasteiger partial charge on any atom is 0.200 e. The molecule has 0 heterocycles. The van der Waals surface area contributed by atoms with E-state index in [1.807, 2.05) is 12.1 Å². The van der Waals surface area contributed by atoms with Crippen molar-refractivity contribution >= 4 is 17.8 Å². The van der Waals surface area contributed by atoms with Crippen molar-refractivity contribution in [3.05, 3.63) is 64.5 Å². The molecular weight excluding hydrogens is 373 g/mol. The number of rotatable bonds is 9. The van der Waals surface area contributed by atoms with Crippen LogP contribution in [0.3, 0.4) is 0 Å². The van der Waals surface area contributed by atoms with E-state index in [2.05, 4.69) is 18.7 Å². The van der Waals surface area contributed by atoms with E-state index >= 15 is 0 Å². The molecule has 0 aromatic heterocycles. The molecule has 2 rings (SSSR count). The fraction of sp³-hybridized carbons (Fsp3) is 0.364. The minimum Gasteiger partial charge on any atom is -0.372 e. The molecule has 152 valence electrons. The summed E-state index contributed by atoms with van der Waals surface area (Å²) in [6.45, 7) is 6.14. The Labute approximate surface area is 162 Å². The molecule has 0 saturated heterocycles. The topological polar surface area (TPSA) is 3.24 Å². The molecule has 0 atom stereocenters. The molecule has 28 heavy (non-hydrogen) atoms. The van der Waals surface area contributed by atoms with Crippen molar-refractivity contribution in [2.24, 2.45) is 0 Å². The van der Waals surface area contributed by atoms with Gasteiger partial charge in [-0.05, 0) is 36.6 Å². The van der Waals surface area contributed by atoms with Crippen LogP contribution in [0.1, 0.15) is 50.7 Å². The molecule has 0 saturated carbocycles.